The van der Waals surface area contributed by atoms with Crippen LogP contribution in [0.15, 0.2) is 22.7 Å². The van der Waals surface area contributed by atoms with Crippen molar-refractivity contribution in [3.05, 3.63) is 28.2 Å². The first kappa shape index (κ1) is 15.7. The van der Waals surface area contributed by atoms with E-state index in [1.807, 2.05) is 12.1 Å². The molecule has 20 heavy (non-hydrogen) atoms. The summed E-state index contributed by atoms with van der Waals surface area (Å²) in [5.74, 6) is 0. The second-order valence-corrected chi connectivity index (χ2v) is 6.29. The number of nitrogens with zero attached hydrogens (tertiary/aromatic N) is 2. The van der Waals surface area contributed by atoms with Crippen LogP contribution in [-0.2, 0) is 0 Å². The number of aliphatic hydroxyl groups is 1. The Labute approximate surface area is 133 Å². The van der Waals surface area contributed by atoms with Crippen molar-refractivity contribution in [2.75, 3.05) is 44.2 Å². The predicted octanol–water partition coefficient (Wildman–Crippen LogP) is 1.59. The molecular weight excluding hydrogens is 338 g/mol. The summed E-state index contributed by atoms with van der Waals surface area (Å²) in [6.07, 6.45) is 1.07. The van der Waals surface area contributed by atoms with E-state index in [9.17, 15) is 0 Å². The van der Waals surface area contributed by atoms with Crippen LogP contribution in [0.3, 0.4) is 0 Å². The van der Waals surface area contributed by atoms with E-state index < -0.39 is 0 Å². The van der Waals surface area contributed by atoms with Gasteiger partial charge in [-0.3, -0.25) is 4.90 Å². The van der Waals surface area contributed by atoms with Gasteiger partial charge in [-0.25, -0.2) is 0 Å². The Morgan fingerprint density at radius 3 is 2.80 bits per heavy atom. The highest BCUT2D eigenvalue weighted by atomic mass is 79.9. The van der Waals surface area contributed by atoms with Gasteiger partial charge in [0.1, 0.15) is 4.99 Å². The third-order valence-corrected chi connectivity index (χ3v) is 4.28. The molecule has 0 atom stereocenters. The van der Waals surface area contributed by atoms with Gasteiger partial charge in [-0.2, -0.15) is 0 Å². The molecule has 0 aliphatic carbocycles. The highest BCUT2D eigenvalue weighted by Gasteiger charge is 2.18. The molecule has 0 saturated carbocycles. The van der Waals surface area contributed by atoms with Gasteiger partial charge in [0.05, 0.1) is 6.61 Å². The molecule has 1 aromatic rings. The Morgan fingerprint density at radius 2 is 2.10 bits per heavy atom. The van der Waals surface area contributed by atoms with Gasteiger partial charge in [-0.15, -0.1) is 0 Å². The third-order valence-electron chi connectivity index (χ3n) is 3.57. The van der Waals surface area contributed by atoms with E-state index in [4.69, 9.17) is 23.1 Å². The van der Waals surface area contributed by atoms with Gasteiger partial charge in [0.2, 0.25) is 0 Å². The van der Waals surface area contributed by atoms with Crippen molar-refractivity contribution in [2.24, 2.45) is 5.73 Å². The zero-order valence-electron chi connectivity index (χ0n) is 11.4. The monoisotopic (exact) mass is 357 g/mol. The Bertz CT molecular complexity index is 483. The first-order valence-electron chi connectivity index (χ1n) is 6.79. The minimum Gasteiger partial charge on any atom is -0.395 e. The second-order valence-electron chi connectivity index (χ2n) is 4.93. The second kappa shape index (κ2) is 7.36. The summed E-state index contributed by atoms with van der Waals surface area (Å²) in [4.78, 5) is 5.05. The van der Waals surface area contributed by atoms with Gasteiger partial charge in [0.15, 0.2) is 0 Å². The Kier molecular flexibility index (Phi) is 5.77. The number of anilines is 1. The number of β-amino-alcohol motifs (C(OH)–C–C–N with tert-alkyl or cyclic N) is 1. The van der Waals surface area contributed by atoms with Crippen LogP contribution in [0, 0.1) is 0 Å². The maximum Gasteiger partial charge on any atom is 0.106 e. The lowest BCUT2D eigenvalue weighted by molar-refractivity contribution is 0.204. The fourth-order valence-corrected chi connectivity index (χ4v) is 3.07. The highest BCUT2D eigenvalue weighted by molar-refractivity contribution is 9.10. The summed E-state index contributed by atoms with van der Waals surface area (Å²) < 4.78 is 1.03. The number of hydrogen-bond donors (Lipinski definition) is 2. The number of rotatable bonds is 4. The van der Waals surface area contributed by atoms with E-state index >= 15 is 0 Å². The van der Waals surface area contributed by atoms with Crippen molar-refractivity contribution in [1.29, 1.82) is 0 Å². The molecule has 0 radical (unpaired) electrons. The van der Waals surface area contributed by atoms with Crippen molar-refractivity contribution in [1.82, 2.24) is 4.90 Å². The van der Waals surface area contributed by atoms with Crippen LogP contribution in [-0.4, -0.2) is 54.3 Å². The van der Waals surface area contributed by atoms with Crippen LogP contribution in [0.25, 0.3) is 0 Å². The van der Waals surface area contributed by atoms with Gasteiger partial charge in [-0.05, 0) is 31.2 Å². The van der Waals surface area contributed by atoms with Crippen molar-refractivity contribution in [2.45, 2.75) is 6.42 Å². The summed E-state index contributed by atoms with van der Waals surface area (Å²) in [6.45, 7) is 4.83. The molecular formula is C14H20BrN3OS. The van der Waals surface area contributed by atoms with Crippen molar-refractivity contribution in [3.8, 4) is 0 Å². The number of hydrogen-bond acceptors (Lipinski definition) is 4. The highest BCUT2D eigenvalue weighted by Crippen LogP contribution is 2.26. The minimum atomic E-state index is 0.217. The summed E-state index contributed by atoms with van der Waals surface area (Å²) in [7, 11) is 0. The zero-order valence-corrected chi connectivity index (χ0v) is 13.8. The lowest BCUT2D eigenvalue weighted by Gasteiger charge is -2.26. The fourth-order valence-electron chi connectivity index (χ4n) is 2.55. The maximum atomic E-state index is 9.05. The van der Waals surface area contributed by atoms with E-state index in [2.05, 4.69) is 31.8 Å². The molecule has 6 heteroatoms. The molecule has 110 valence electrons. The van der Waals surface area contributed by atoms with E-state index in [1.54, 1.807) is 0 Å². The molecule has 1 aliphatic heterocycles. The summed E-state index contributed by atoms with van der Waals surface area (Å²) in [5.41, 5.74) is 7.86. The Balaban J connectivity index is 2.18. The van der Waals surface area contributed by atoms with Gasteiger partial charge in [0, 0.05) is 41.9 Å². The summed E-state index contributed by atoms with van der Waals surface area (Å²) in [5, 5.41) is 9.05. The largest absolute Gasteiger partial charge is 0.395 e. The lowest BCUT2D eigenvalue weighted by atomic mass is 10.1. The van der Waals surface area contributed by atoms with Crippen LogP contribution >= 0.6 is 28.1 Å². The number of aliphatic hydroxyl groups excluding tert-OH is 1. The molecule has 1 aromatic carbocycles. The summed E-state index contributed by atoms with van der Waals surface area (Å²) >= 11 is 8.67. The molecule has 0 amide bonds. The molecule has 1 saturated heterocycles. The van der Waals surface area contributed by atoms with Gasteiger partial charge in [0.25, 0.3) is 0 Å². The van der Waals surface area contributed by atoms with Gasteiger partial charge in [-0.1, -0.05) is 28.1 Å². The van der Waals surface area contributed by atoms with Crippen molar-refractivity contribution >= 4 is 38.8 Å². The molecule has 4 nitrogen and oxygen atoms in total. The minimum absolute atomic E-state index is 0.217. The Hall–Kier alpha value is -0.690. The molecule has 1 aliphatic rings. The van der Waals surface area contributed by atoms with Crippen LogP contribution in [0.1, 0.15) is 12.0 Å². The average Bonchev–Trinajstić information content (AvgIpc) is 2.64. The molecule has 0 unspecified atom stereocenters. The molecule has 1 heterocycles. The SMILES string of the molecule is NC(=S)c1ccc(Br)cc1N1CCCN(CCO)CC1. The summed E-state index contributed by atoms with van der Waals surface area (Å²) in [6, 6.07) is 6.02. The molecule has 0 bridgehead atoms. The zero-order chi connectivity index (χ0) is 14.5. The molecule has 1 fully saturated rings. The molecule has 3 N–H and O–H groups in total. The van der Waals surface area contributed by atoms with E-state index in [-0.39, 0.29) is 6.61 Å². The topological polar surface area (TPSA) is 52.7 Å². The maximum absolute atomic E-state index is 9.05. The smallest absolute Gasteiger partial charge is 0.106 e. The number of thiocarbonyl (C=S) groups is 1. The quantitative estimate of drug-likeness (QED) is 0.801. The first-order valence-corrected chi connectivity index (χ1v) is 7.99. The van der Waals surface area contributed by atoms with Gasteiger partial charge < -0.3 is 15.7 Å². The lowest BCUT2D eigenvalue weighted by Crippen LogP contribution is -2.33. The van der Waals surface area contributed by atoms with Crippen molar-refractivity contribution < 1.29 is 5.11 Å². The Morgan fingerprint density at radius 1 is 1.30 bits per heavy atom. The fraction of sp³-hybridized carbons (Fsp3) is 0.500. The van der Waals surface area contributed by atoms with E-state index in [0.717, 1.165) is 54.9 Å². The standard InChI is InChI=1S/C14H20BrN3OS/c15-11-2-3-12(14(16)20)13(10-11)18-5-1-4-17(6-7-18)8-9-19/h2-3,10,19H,1,4-9H2,(H2,16,20). The molecule has 0 aromatic heterocycles. The molecule has 2 rings (SSSR count). The van der Waals surface area contributed by atoms with Crippen LogP contribution in [0.5, 0.6) is 0 Å². The normalized spacial score (nSPS) is 17.0. The van der Waals surface area contributed by atoms with Crippen LogP contribution in [0.2, 0.25) is 0 Å². The molecule has 0 spiro atoms. The number of halogens is 1. The van der Waals surface area contributed by atoms with Crippen molar-refractivity contribution in [3.63, 3.8) is 0 Å². The first-order chi connectivity index (χ1) is 9.61. The van der Waals surface area contributed by atoms with Crippen LogP contribution in [0.4, 0.5) is 5.69 Å². The third kappa shape index (κ3) is 3.91. The predicted molar refractivity (Wildman–Crippen MR) is 90.4 cm³/mol. The average molecular weight is 358 g/mol. The van der Waals surface area contributed by atoms with Crippen LogP contribution < -0.4 is 10.6 Å². The van der Waals surface area contributed by atoms with E-state index in [0.29, 0.717) is 4.99 Å². The van der Waals surface area contributed by atoms with Gasteiger partial charge >= 0.3 is 0 Å². The number of benzene rings is 1. The van der Waals surface area contributed by atoms with E-state index in [1.165, 1.54) is 0 Å². The number of nitrogens with two attached hydrogens (primary N) is 1.